The third-order valence-corrected chi connectivity index (χ3v) is 6.13. The molecule has 1 amide bonds. The minimum absolute atomic E-state index is 0.0569. The Hall–Kier alpha value is -4.14. The van der Waals surface area contributed by atoms with E-state index in [1.165, 1.54) is 6.92 Å². The number of ether oxygens (including phenoxy) is 2. The van der Waals surface area contributed by atoms with Gasteiger partial charge in [-0.2, -0.15) is 13.2 Å². The molecule has 9 heteroatoms. The number of carbonyl (C=O) groups is 3. The van der Waals surface area contributed by atoms with Crippen molar-refractivity contribution in [2.45, 2.75) is 51.4 Å². The summed E-state index contributed by atoms with van der Waals surface area (Å²) in [4.78, 5) is 37.0. The fourth-order valence-electron chi connectivity index (χ4n) is 4.09. The van der Waals surface area contributed by atoms with E-state index in [9.17, 15) is 27.6 Å². The van der Waals surface area contributed by atoms with Crippen LogP contribution >= 0.6 is 0 Å². The average molecular weight is 556 g/mol. The molecule has 0 heterocycles. The predicted molar refractivity (Wildman–Crippen MR) is 144 cm³/mol. The highest BCUT2D eigenvalue weighted by molar-refractivity contribution is 5.81. The summed E-state index contributed by atoms with van der Waals surface area (Å²) < 4.78 is 47.1. The van der Waals surface area contributed by atoms with Gasteiger partial charge in [0.05, 0.1) is 12.3 Å². The molecule has 6 nitrogen and oxygen atoms in total. The molecule has 0 saturated carbocycles. The highest BCUT2D eigenvalue weighted by Gasteiger charge is 2.31. The lowest BCUT2D eigenvalue weighted by Crippen LogP contribution is -2.39. The van der Waals surface area contributed by atoms with E-state index in [0.717, 1.165) is 22.3 Å². The lowest BCUT2D eigenvalue weighted by Gasteiger charge is -2.22. The Labute approximate surface area is 231 Å². The van der Waals surface area contributed by atoms with Crippen LogP contribution in [0.1, 0.15) is 37.3 Å². The van der Waals surface area contributed by atoms with Crippen molar-refractivity contribution < 1.29 is 37.0 Å². The van der Waals surface area contributed by atoms with Crippen molar-refractivity contribution in [1.29, 1.82) is 0 Å². The monoisotopic (exact) mass is 555 g/mol. The standard InChI is InChI=1S/C31H32F3NO5/c1-22(30(38)40-21-31(32,33)34)18-27(19-23-12-14-26(15-13-23)25-10-6-3-7-11-25)35-28(36)16-17-29(37)39-20-24-8-4-2-5-9-24/h2-15,22,27H,16-21H2,1H3,(H,35,36)/t22-,27+/m1/s1. The van der Waals surface area contributed by atoms with Gasteiger partial charge in [-0.15, -0.1) is 0 Å². The van der Waals surface area contributed by atoms with Crippen molar-refractivity contribution in [2.24, 2.45) is 5.92 Å². The molecule has 0 saturated heterocycles. The van der Waals surface area contributed by atoms with Crippen LogP contribution in [0, 0.1) is 5.92 Å². The first-order valence-corrected chi connectivity index (χ1v) is 13.0. The number of carbonyl (C=O) groups excluding carboxylic acids is 3. The van der Waals surface area contributed by atoms with E-state index in [1.54, 1.807) is 0 Å². The summed E-state index contributed by atoms with van der Waals surface area (Å²) >= 11 is 0. The van der Waals surface area contributed by atoms with E-state index in [4.69, 9.17) is 4.74 Å². The molecule has 3 aromatic rings. The van der Waals surface area contributed by atoms with E-state index in [-0.39, 0.29) is 25.9 Å². The van der Waals surface area contributed by atoms with Gasteiger partial charge < -0.3 is 14.8 Å². The van der Waals surface area contributed by atoms with Crippen LogP contribution in [0.4, 0.5) is 13.2 Å². The third kappa shape index (κ3) is 10.9. The molecule has 3 aromatic carbocycles. The van der Waals surface area contributed by atoms with E-state index in [2.05, 4.69) is 10.1 Å². The number of halogens is 3. The van der Waals surface area contributed by atoms with Crippen LogP contribution in [0.25, 0.3) is 11.1 Å². The quantitative estimate of drug-likeness (QED) is 0.260. The fraction of sp³-hybridized carbons (Fsp3) is 0.323. The average Bonchev–Trinajstić information content (AvgIpc) is 2.94. The van der Waals surface area contributed by atoms with E-state index in [1.807, 2.05) is 84.9 Å². The first-order valence-electron chi connectivity index (χ1n) is 13.0. The molecule has 0 radical (unpaired) electrons. The second kappa shape index (κ2) is 14.9. The Morgan fingerprint density at radius 1 is 0.775 bits per heavy atom. The van der Waals surface area contributed by atoms with Crippen LogP contribution in [-0.4, -0.2) is 36.7 Å². The van der Waals surface area contributed by atoms with Crippen molar-refractivity contribution >= 4 is 17.8 Å². The van der Waals surface area contributed by atoms with E-state index in [0.29, 0.717) is 6.42 Å². The van der Waals surface area contributed by atoms with Crippen LogP contribution in [-0.2, 0) is 36.9 Å². The largest absolute Gasteiger partial charge is 0.461 e. The van der Waals surface area contributed by atoms with Gasteiger partial charge in [-0.3, -0.25) is 14.4 Å². The van der Waals surface area contributed by atoms with Gasteiger partial charge in [0.2, 0.25) is 5.91 Å². The Kier molecular flexibility index (Phi) is 11.3. The first kappa shape index (κ1) is 30.4. The van der Waals surface area contributed by atoms with Crippen LogP contribution in [0.2, 0.25) is 0 Å². The lowest BCUT2D eigenvalue weighted by atomic mass is 9.94. The van der Waals surface area contributed by atoms with Crippen molar-refractivity contribution in [3.8, 4) is 11.1 Å². The molecule has 0 bridgehead atoms. The maximum Gasteiger partial charge on any atom is 0.422 e. The lowest BCUT2D eigenvalue weighted by molar-refractivity contribution is -0.189. The molecular weight excluding hydrogens is 523 g/mol. The zero-order valence-electron chi connectivity index (χ0n) is 22.2. The maximum atomic E-state index is 12.7. The zero-order valence-corrected chi connectivity index (χ0v) is 22.2. The maximum absolute atomic E-state index is 12.7. The Bertz CT molecular complexity index is 1230. The van der Waals surface area contributed by atoms with Gasteiger partial charge in [-0.25, -0.2) is 0 Å². The molecule has 212 valence electrons. The van der Waals surface area contributed by atoms with Crippen molar-refractivity contribution in [2.75, 3.05) is 6.61 Å². The van der Waals surface area contributed by atoms with Crippen molar-refractivity contribution in [3.63, 3.8) is 0 Å². The van der Waals surface area contributed by atoms with Crippen molar-refractivity contribution in [1.82, 2.24) is 5.32 Å². The van der Waals surface area contributed by atoms with Crippen molar-refractivity contribution in [3.05, 3.63) is 96.1 Å². The molecule has 0 fully saturated rings. The predicted octanol–water partition coefficient (Wildman–Crippen LogP) is 6.04. The molecular formula is C31H32F3NO5. The zero-order chi connectivity index (χ0) is 29.0. The normalized spacial score (nSPS) is 12.7. The molecule has 0 aliphatic carbocycles. The molecule has 3 rings (SSSR count). The van der Waals surface area contributed by atoms with Gasteiger partial charge in [0.15, 0.2) is 6.61 Å². The second-order valence-corrected chi connectivity index (χ2v) is 9.54. The molecule has 0 unspecified atom stereocenters. The number of esters is 2. The van der Waals surface area contributed by atoms with Gasteiger partial charge in [0.25, 0.3) is 0 Å². The van der Waals surface area contributed by atoms with Gasteiger partial charge in [-0.1, -0.05) is 91.9 Å². The molecule has 0 aliphatic rings. The van der Waals surface area contributed by atoms with Gasteiger partial charge in [0.1, 0.15) is 6.61 Å². The molecule has 1 N–H and O–H groups in total. The molecule has 40 heavy (non-hydrogen) atoms. The first-order chi connectivity index (χ1) is 19.1. The van der Waals surface area contributed by atoms with Crippen LogP contribution in [0.5, 0.6) is 0 Å². The molecule has 2 atom stereocenters. The number of hydrogen-bond acceptors (Lipinski definition) is 5. The SMILES string of the molecule is C[C@H](C[C@@H](Cc1ccc(-c2ccccc2)cc1)NC(=O)CCC(=O)OCc1ccccc1)C(=O)OCC(F)(F)F. The summed E-state index contributed by atoms with van der Waals surface area (Å²) in [5, 5.41) is 2.82. The van der Waals surface area contributed by atoms with Crippen LogP contribution < -0.4 is 5.32 Å². The number of nitrogens with one attached hydrogen (secondary N) is 1. The summed E-state index contributed by atoms with van der Waals surface area (Å²) in [5.74, 6) is -2.86. The van der Waals surface area contributed by atoms with Gasteiger partial charge in [-0.05, 0) is 35.1 Å². The Morgan fingerprint density at radius 3 is 2.00 bits per heavy atom. The Morgan fingerprint density at radius 2 is 1.38 bits per heavy atom. The van der Waals surface area contributed by atoms with Crippen LogP contribution in [0.15, 0.2) is 84.9 Å². The summed E-state index contributed by atoms with van der Waals surface area (Å²) in [5.41, 5.74) is 3.73. The Balaban J connectivity index is 1.59. The van der Waals surface area contributed by atoms with E-state index < -0.39 is 42.6 Å². The third-order valence-electron chi connectivity index (χ3n) is 6.13. The number of hydrogen-bond donors (Lipinski definition) is 1. The minimum Gasteiger partial charge on any atom is -0.461 e. The van der Waals surface area contributed by atoms with Crippen LogP contribution in [0.3, 0.4) is 0 Å². The highest BCUT2D eigenvalue weighted by atomic mass is 19.4. The fourth-order valence-corrected chi connectivity index (χ4v) is 4.09. The molecule has 0 aliphatic heterocycles. The van der Waals surface area contributed by atoms with Gasteiger partial charge in [0, 0.05) is 12.5 Å². The molecule has 0 aromatic heterocycles. The second-order valence-electron chi connectivity index (χ2n) is 9.54. The summed E-state index contributed by atoms with van der Waals surface area (Å²) in [6.07, 6.45) is -4.51. The summed E-state index contributed by atoms with van der Waals surface area (Å²) in [6.45, 7) is -0.114. The number of rotatable bonds is 13. The molecule has 0 spiro atoms. The smallest absolute Gasteiger partial charge is 0.422 e. The minimum atomic E-state index is -4.63. The summed E-state index contributed by atoms with van der Waals surface area (Å²) in [6, 6.07) is 26.0. The number of benzene rings is 3. The number of alkyl halides is 3. The topological polar surface area (TPSA) is 81.7 Å². The summed E-state index contributed by atoms with van der Waals surface area (Å²) in [7, 11) is 0. The van der Waals surface area contributed by atoms with Gasteiger partial charge >= 0.3 is 18.1 Å². The number of amides is 1. The van der Waals surface area contributed by atoms with E-state index >= 15 is 0 Å². The highest BCUT2D eigenvalue weighted by Crippen LogP contribution is 2.22.